The van der Waals surface area contributed by atoms with Crippen LogP contribution in [0, 0.1) is 12.8 Å². The molecule has 1 aromatic rings. The van der Waals surface area contributed by atoms with Crippen molar-refractivity contribution >= 4 is 18.2 Å². The third kappa shape index (κ3) is 12.9. The Hall–Kier alpha value is -3.57. The fourth-order valence-corrected chi connectivity index (χ4v) is 14.1. The van der Waals surface area contributed by atoms with Crippen LogP contribution in [0.3, 0.4) is 0 Å². The largest absolute Gasteiger partial charge is 0.508 e. The molecule has 0 aromatic heterocycles. The van der Waals surface area contributed by atoms with Crippen LogP contribution < -0.4 is 0 Å². The number of ether oxygens (including phenoxy) is 22. The van der Waals surface area contributed by atoms with Gasteiger partial charge in [-0.15, -0.1) is 0 Å². The molecular weight excluding hydrogens is 1220 g/mol. The molecular formula is C59H86O32. The second kappa shape index (κ2) is 26.8. The number of hydrogen-bond donors (Lipinski definition) is 7. The minimum Gasteiger partial charge on any atom is -0.508 e. The van der Waals surface area contributed by atoms with E-state index in [1.54, 1.807) is 48.5 Å². The molecule has 32 nitrogen and oxygen atoms in total. The van der Waals surface area contributed by atoms with E-state index in [0.717, 1.165) is 6.07 Å². The number of rotatable bonds is 17. The summed E-state index contributed by atoms with van der Waals surface area (Å²) in [6.07, 6.45) is -32.2. The Kier molecular flexibility index (Phi) is 20.3. The smallest absolute Gasteiger partial charge is 0.342 e. The summed E-state index contributed by atoms with van der Waals surface area (Å²) < 4.78 is 136. The Morgan fingerprint density at radius 2 is 1.37 bits per heavy atom. The van der Waals surface area contributed by atoms with Crippen molar-refractivity contribution in [1.82, 2.24) is 0 Å². The zero-order chi connectivity index (χ0) is 65.6. The van der Waals surface area contributed by atoms with Gasteiger partial charge in [-0.3, -0.25) is 9.59 Å². The van der Waals surface area contributed by atoms with Crippen LogP contribution in [0.2, 0.25) is 0 Å². The van der Waals surface area contributed by atoms with Gasteiger partial charge in [0.15, 0.2) is 55.4 Å². The lowest BCUT2D eigenvalue weighted by atomic mass is 9.85. The first-order valence-electron chi connectivity index (χ1n) is 30.7. The molecule has 2 spiro atoms. The van der Waals surface area contributed by atoms with E-state index in [9.17, 15) is 50.1 Å². The summed E-state index contributed by atoms with van der Waals surface area (Å²) in [4.78, 5) is 38.7. The molecule has 514 valence electrons. The highest BCUT2D eigenvalue weighted by Gasteiger charge is 2.72. The van der Waals surface area contributed by atoms with E-state index in [1.165, 1.54) is 41.2 Å². The summed E-state index contributed by atoms with van der Waals surface area (Å²) in [5.74, 6) is -6.83. The van der Waals surface area contributed by atoms with Crippen LogP contribution in [0.4, 0.5) is 0 Å². The van der Waals surface area contributed by atoms with Gasteiger partial charge in [0, 0.05) is 40.2 Å². The lowest BCUT2D eigenvalue weighted by Gasteiger charge is -2.49. The number of carbonyl (C=O) groups excluding carboxylic acids is 3. The highest BCUT2D eigenvalue weighted by atomic mass is 16.9. The maximum atomic E-state index is 13.4. The van der Waals surface area contributed by atoms with Gasteiger partial charge in [-0.25, -0.2) is 4.79 Å². The van der Waals surface area contributed by atoms with Crippen LogP contribution in [0.25, 0.3) is 0 Å². The Morgan fingerprint density at radius 3 is 2.04 bits per heavy atom. The molecule has 10 fully saturated rings. The van der Waals surface area contributed by atoms with E-state index in [-0.39, 0.29) is 56.1 Å². The normalized spacial score (nSPS) is 48.9. The molecule has 10 saturated heterocycles. The molecule has 10 aliphatic rings. The van der Waals surface area contributed by atoms with Crippen molar-refractivity contribution in [3.63, 3.8) is 0 Å². The SMILES string of the molecule is COC[C@H]1O[C@@H](O[C@H]2OC[C@@H]3O[C@]4(O[C@H]3[C@H]2OC(=O)C(C)C)O[C@H](C)[C@@](O)(C=O)[C@@H]2OCO[C@H]24)[C@@H](OC)[C@@H](O)[C@@H]1O[C@@H]1O[C@H](C)[C@H](OC)[C@H](O[C@H]2C[C@@]3(C)OC4(C[C@@H](O)[C@H](O[C@H]5C[C@@H](O)[C@H](OC(=O)c6c(C)cc(O)cc6O)[C@@H](C)O5)[C@@H](C)O4)O[C@@H]3[C@@H](C)O2)[C@H]1O. The van der Waals surface area contributed by atoms with Crippen molar-refractivity contribution in [3.05, 3.63) is 23.3 Å². The first-order chi connectivity index (χ1) is 43.1. The van der Waals surface area contributed by atoms with Crippen LogP contribution in [0.15, 0.2) is 12.1 Å². The number of aromatic hydroxyl groups is 2. The molecule has 10 heterocycles. The van der Waals surface area contributed by atoms with Crippen molar-refractivity contribution in [2.45, 2.75) is 270 Å². The molecule has 91 heavy (non-hydrogen) atoms. The predicted octanol–water partition coefficient (Wildman–Crippen LogP) is -0.948. The van der Waals surface area contributed by atoms with Gasteiger partial charge in [-0.1, -0.05) is 13.8 Å². The van der Waals surface area contributed by atoms with Crippen molar-refractivity contribution in [2.24, 2.45) is 5.92 Å². The first-order valence-corrected chi connectivity index (χ1v) is 30.7. The quantitative estimate of drug-likeness (QED) is 0.0730. The minimum atomic E-state index is -2.12. The molecule has 11 rings (SSSR count). The zero-order valence-corrected chi connectivity index (χ0v) is 52.5. The van der Waals surface area contributed by atoms with E-state index in [2.05, 4.69) is 0 Å². The first kappa shape index (κ1) is 68.8. The van der Waals surface area contributed by atoms with Crippen LogP contribution >= 0.6 is 0 Å². The van der Waals surface area contributed by atoms with Crippen molar-refractivity contribution in [1.29, 1.82) is 0 Å². The number of benzene rings is 1. The molecule has 7 N–H and O–H groups in total. The van der Waals surface area contributed by atoms with Gasteiger partial charge >= 0.3 is 17.9 Å². The molecule has 31 atom stereocenters. The Morgan fingerprint density at radius 1 is 0.670 bits per heavy atom. The molecule has 1 unspecified atom stereocenters. The highest BCUT2D eigenvalue weighted by Crippen LogP contribution is 2.52. The number of carbonyl (C=O) groups is 3. The second-order valence-corrected chi connectivity index (χ2v) is 25.5. The van der Waals surface area contributed by atoms with Crippen molar-refractivity contribution in [3.8, 4) is 11.5 Å². The number of aliphatic hydroxyl groups excluding tert-OH is 4. The maximum Gasteiger partial charge on any atom is 0.342 e. The average Bonchev–Trinajstić information content (AvgIpc) is 1.59. The number of phenolic OH excluding ortho intramolecular Hbond substituents is 2. The number of hydrogen-bond acceptors (Lipinski definition) is 32. The molecule has 0 amide bonds. The maximum absolute atomic E-state index is 13.4. The summed E-state index contributed by atoms with van der Waals surface area (Å²) in [7, 11) is 4.10. The van der Waals surface area contributed by atoms with Gasteiger partial charge in [0.05, 0.1) is 68.3 Å². The van der Waals surface area contributed by atoms with Crippen LogP contribution in [-0.2, 0) is 114 Å². The minimum absolute atomic E-state index is 0.00997. The number of aryl methyl sites for hydroxylation is 1. The highest BCUT2D eigenvalue weighted by molar-refractivity contribution is 5.94. The Bertz CT molecular complexity index is 2680. The standard InChI is InChI=1S/C59H86O32/c1-22(2)51(67)83-47-44-34(88-59(89-44)50-49(74-21-75-50)57(69,20-60)28(8)87-59)19-73-54(47)85-55-46(72-12)38(65)43(33(79-55)18-70-10)84-53-39(66)45(42(71-11)25(5)78-53)81-36-17-56(9)48(27(7)77-36)90-58(91-56)16-32(64)41(26(6)86-58)80-35-15-31(63)40(24(4)76-35)82-52(68)37-23(3)13-29(61)14-30(37)62/h13-14,20,22,24-28,31-36,38-50,53-55,61-66,69H,15-19,21H2,1-12H3/t24-,25-,26-,27-,28-,31-,32-,33-,34+,35+,36+,38+,39-,40-,41-,42+,43-,44-,45-,46+,47-,48-,49-,50-,53+,54-,55+,56-,57+,58?,59-/m1/s1. The number of esters is 2. The summed E-state index contributed by atoms with van der Waals surface area (Å²) in [6, 6.07) is 2.29. The van der Waals surface area contributed by atoms with Gasteiger partial charge < -0.3 is 140 Å². The number of fused-ring (bicyclic) bond motifs is 4. The van der Waals surface area contributed by atoms with Gasteiger partial charge in [-0.2, -0.15) is 0 Å². The molecule has 0 radical (unpaired) electrons. The summed E-state index contributed by atoms with van der Waals surface area (Å²) in [5.41, 5.74) is -3.23. The van der Waals surface area contributed by atoms with E-state index in [0.29, 0.717) is 6.29 Å². The zero-order valence-electron chi connectivity index (χ0n) is 52.5. The van der Waals surface area contributed by atoms with Crippen LogP contribution in [0.5, 0.6) is 11.5 Å². The predicted molar refractivity (Wildman–Crippen MR) is 293 cm³/mol. The van der Waals surface area contributed by atoms with E-state index in [4.69, 9.17) is 104 Å². The van der Waals surface area contributed by atoms with Gasteiger partial charge in [-0.05, 0) is 60.1 Å². The van der Waals surface area contributed by atoms with Crippen molar-refractivity contribution < 1.29 is 154 Å². The number of aliphatic hydroxyl groups is 5. The molecule has 0 saturated carbocycles. The Balaban J connectivity index is 0.724. The van der Waals surface area contributed by atoms with E-state index >= 15 is 0 Å². The summed E-state index contributed by atoms with van der Waals surface area (Å²) >= 11 is 0. The fraction of sp³-hybridized carbons (Fsp3) is 0.847. The fourth-order valence-electron chi connectivity index (χ4n) is 14.1. The molecule has 32 heteroatoms. The number of methoxy groups -OCH3 is 3. The van der Waals surface area contributed by atoms with E-state index in [1.807, 2.05) is 0 Å². The third-order valence-electron chi connectivity index (χ3n) is 18.6. The molecule has 1 aromatic carbocycles. The van der Waals surface area contributed by atoms with Crippen LogP contribution in [-0.4, -0.2) is 284 Å². The van der Waals surface area contributed by atoms with E-state index < -0.39 is 212 Å². The number of phenols is 2. The summed E-state index contributed by atoms with van der Waals surface area (Å²) in [5, 5.41) is 78.8. The van der Waals surface area contributed by atoms with Crippen molar-refractivity contribution in [2.75, 3.05) is 41.3 Å². The Labute approximate surface area is 523 Å². The molecule has 10 aliphatic heterocycles. The lowest BCUT2D eigenvalue weighted by molar-refractivity contribution is -0.428. The van der Waals surface area contributed by atoms with Gasteiger partial charge in [0.2, 0.25) is 6.29 Å². The average molecular weight is 1310 g/mol. The third-order valence-corrected chi connectivity index (χ3v) is 18.6. The topological polar surface area (TPSA) is 396 Å². The molecule has 0 bridgehead atoms. The monoisotopic (exact) mass is 1310 g/mol. The molecule has 0 aliphatic carbocycles. The summed E-state index contributed by atoms with van der Waals surface area (Å²) in [6.45, 7) is 13.8. The lowest BCUT2D eigenvalue weighted by Crippen LogP contribution is -2.70. The number of aldehydes is 1. The van der Waals surface area contributed by atoms with Crippen LogP contribution in [0.1, 0.15) is 90.6 Å². The van der Waals surface area contributed by atoms with Gasteiger partial charge in [0.1, 0.15) is 103 Å². The van der Waals surface area contributed by atoms with Gasteiger partial charge in [0.25, 0.3) is 5.97 Å². The second-order valence-electron chi connectivity index (χ2n) is 25.5.